The second-order valence-corrected chi connectivity index (χ2v) is 9.95. The molecule has 9 heteroatoms. The molecule has 1 aromatic heterocycles. The van der Waals surface area contributed by atoms with E-state index < -0.39 is 0 Å². The zero-order chi connectivity index (χ0) is 24.5. The SMILES string of the molecule is COc1ccc(N2CCN(c3nccc(C(=O)N(C4CCC(O)CC4)C4CC4)n3)C(C)C2)c(F)c1. The number of aliphatic hydroxyl groups is 1. The van der Waals surface area contributed by atoms with E-state index in [9.17, 15) is 14.3 Å². The highest BCUT2D eigenvalue weighted by Gasteiger charge is 2.39. The number of aliphatic hydroxyl groups excluding tert-OH is 1. The van der Waals surface area contributed by atoms with Gasteiger partial charge in [0.2, 0.25) is 5.95 Å². The first-order valence-electron chi connectivity index (χ1n) is 12.6. The number of rotatable bonds is 6. The zero-order valence-corrected chi connectivity index (χ0v) is 20.4. The van der Waals surface area contributed by atoms with Crippen LogP contribution in [0.2, 0.25) is 0 Å². The average molecular weight is 484 g/mol. The first-order chi connectivity index (χ1) is 16.9. The number of methoxy groups -OCH3 is 1. The molecule has 2 saturated carbocycles. The number of amides is 1. The Morgan fingerprint density at radius 3 is 2.46 bits per heavy atom. The van der Waals surface area contributed by atoms with Crippen molar-refractivity contribution in [2.75, 3.05) is 36.5 Å². The van der Waals surface area contributed by atoms with Gasteiger partial charge in [0.1, 0.15) is 17.3 Å². The Labute approximate surface area is 205 Å². The first-order valence-corrected chi connectivity index (χ1v) is 12.6. The second kappa shape index (κ2) is 9.97. The minimum absolute atomic E-state index is 0.0370. The Hall–Kier alpha value is -2.94. The molecule has 1 saturated heterocycles. The lowest BCUT2D eigenvalue weighted by molar-refractivity contribution is 0.0470. The van der Waals surface area contributed by atoms with Crippen molar-refractivity contribution in [3.8, 4) is 5.75 Å². The predicted octanol–water partition coefficient (Wildman–Crippen LogP) is 3.25. The van der Waals surface area contributed by atoms with Crippen LogP contribution in [0.25, 0.3) is 0 Å². The highest BCUT2D eigenvalue weighted by Crippen LogP contribution is 2.35. The number of benzene rings is 1. The maximum Gasteiger partial charge on any atom is 0.273 e. The number of halogens is 1. The number of carbonyl (C=O) groups is 1. The van der Waals surface area contributed by atoms with Gasteiger partial charge in [0, 0.05) is 50.0 Å². The molecule has 3 fully saturated rings. The average Bonchev–Trinajstić information content (AvgIpc) is 3.70. The van der Waals surface area contributed by atoms with E-state index in [0.717, 1.165) is 38.5 Å². The summed E-state index contributed by atoms with van der Waals surface area (Å²) in [5.74, 6) is 0.693. The monoisotopic (exact) mass is 483 g/mol. The molecule has 1 atom stereocenters. The fraction of sp³-hybridized carbons (Fsp3) is 0.577. The lowest BCUT2D eigenvalue weighted by Crippen LogP contribution is -2.53. The van der Waals surface area contributed by atoms with E-state index in [2.05, 4.69) is 16.8 Å². The van der Waals surface area contributed by atoms with E-state index in [1.54, 1.807) is 24.4 Å². The van der Waals surface area contributed by atoms with Crippen molar-refractivity contribution in [3.05, 3.63) is 42.0 Å². The van der Waals surface area contributed by atoms with Crippen LogP contribution in [0, 0.1) is 5.82 Å². The number of hydrogen-bond donors (Lipinski definition) is 1. The van der Waals surface area contributed by atoms with Crippen molar-refractivity contribution in [2.45, 2.75) is 69.7 Å². The third-order valence-electron chi connectivity index (χ3n) is 7.48. The number of aromatic nitrogens is 2. The van der Waals surface area contributed by atoms with Gasteiger partial charge in [-0.15, -0.1) is 0 Å². The van der Waals surface area contributed by atoms with Gasteiger partial charge in [0.25, 0.3) is 5.91 Å². The van der Waals surface area contributed by atoms with Crippen LogP contribution >= 0.6 is 0 Å². The van der Waals surface area contributed by atoms with E-state index in [4.69, 9.17) is 9.72 Å². The number of nitrogens with zero attached hydrogens (tertiary/aromatic N) is 5. The Morgan fingerprint density at radius 1 is 1.11 bits per heavy atom. The Morgan fingerprint density at radius 2 is 1.83 bits per heavy atom. The molecular weight excluding hydrogens is 449 g/mol. The summed E-state index contributed by atoms with van der Waals surface area (Å²) in [6.45, 7) is 3.92. The summed E-state index contributed by atoms with van der Waals surface area (Å²) in [6, 6.07) is 7.11. The summed E-state index contributed by atoms with van der Waals surface area (Å²) in [7, 11) is 1.53. The molecule has 2 heterocycles. The molecule has 2 aliphatic carbocycles. The van der Waals surface area contributed by atoms with Crippen molar-refractivity contribution in [1.29, 1.82) is 0 Å². The number of piperazine rings is 1. The molecule has 1 unspecified atom stereocenters. The lowest BCUT2D eigenvalue weighted by Gasteiger charge is -2.41. The van der Waals surface area contributed by atoms with Gasteiger partial charge < -0.3 is 24.5 Å². The van der Waals surface area contributed by atoms with Crippen LogP contribution in [0.15, 0.2) is 30.5 Å². The predicted molar refractivity (Wildman–Crippen MR) is 131 cm³/mol. The summed E-state index contributed by atoms with van der Waals surface area (Å²) >= 11 is 0. The lowest BCUT2D eigenvalue weighted by atomic mass is 9.91. The molecule has 1 aromatic carbocycles. The normalized spacial score (nSPS) is 24.9. The van der Waals surface area contributed by atoms with Gasteiger partial charge in [-0.1, -0.05) is 0 Å². The largest absolute Gasteiger partial charge is 0.497 e. The van der Waals surface area contributed by atoms with Gasteiger partial charge in [0.05, 0.1) is 18.9 Å². The van der Waals surface area contributed by atoms with Gasteiger partial charge in [-0.2, -0.15) is 0 Å². The van der Waals surface area contributed by atoms with Gasteiger partial charge in [-0.25, -0.2) is 14.4 Å². The molecule has 1 aliphatic heterocycles. The molecule has 2 aromatic rings. The highest BCUT2D eigenvalue weighted by atomic mass is 19.1. The molecular formula is C26H34FN5O3. The van der Waals surface area contributed by atoms with E-state index in [1.807, 2.05) is 9.80 Å². The van der Waals surface area contributed by atoms with E-state index in [1.165, 1.54) is 13.2 Å². The topological polar surface area (TPSA) is 82.0 Å². The molecule has 1 amide bonds. The first kappa shape index (κ1) is 23.8. The Kier molecular flexibility index (Phi) is 6.77. The van der Waals surface area contributed by atoms with Crippen molar-refractivity contribution >= 4 is 17.5 Å². The summed E-state index contributed by atoms with van der Waals surface area (Å²) in [5.41, 5.74) is 0.976. The van der Waals surface area contributed by atoms with Gasteiger partial charge in [-0.3, -0.25) is 4.79 Å². The number of hydrogen-bond acceptors (Lipinski definition) is 7. The number of anilines is 2. The molecule has 3 aliphatic rings. The minimum Gasteiger partial charge on any atom is -0.497 e. The molecule has 0 radical (unpaired) electrons. The smallest absolute Gasteiger partial charge is 0.273 e. The van der Waals surface area contributed by atoms with Crippen LogP contribution in [0.1, 0.15) is 55.9 Å². The van der Waals surface area contributed by atoms with E-state index in [0.29, 0.717) is 42.7 Å². The molecule has 188 valence electrons. The van der Waals surface area contributed by atoms with Crippen LogP contribution in [-0.2, 0) is 0 Å². The third kappa shape index (κ3) is 5.05. The fourth-order valence-electron chi connectivity index (χ4n) is 5.40. The van der Waals surface area contributed by atoms with E-state index in [-0.39, 0.29) is 36.0 Å². The summed E-state index contributed by atoms with van der Waals surface area (Å²) in [5, 5.41) is 9.89. The van der Waals surface area contributed by atoms with Gasteiger partial charge in [-0.05, 0) is 63.6 Å². The van der Waals surface area contributed by atoms with Crippen molar-refractivity contribution < 1.29 is 19.0 Å². The van der Waals surface area contributed by atoms with Crippen LogP contribution < -0.4 is 14.5 Å². The summed E-state index contributed by atoms with van der Waals surface area (Å²) in [6.07, 6.45) is 6.63. The second-order valence-electron chi connectivity index (χ2n) is 9.95. The van der Waals surface area contributed by atoms with Crippen LogP contribution in [-0.4, -0.2) is 76.9 Å². The zero-order valence-electron chi connectivity index (χ0n) is 20.4. The molecule has 5 rings (SSSR count). The number of carbonyl (C=O) groups excluding carboxylic acids is 1. The minimum atomic E-state index is -0.302. The highest BCUT2D eigenvalue weighted by molar-refractivity contribution is 5.93. The summed E-state index contributed by atoms with van der Waals surface area (Å²) in [4.78, 5) is 28.8. The molecule has 0 spiro atoms. The van der Waals surface area contributed by atoms with Gasteiger partial charge >= 0.3 is 0 Å². The quantitative estimate of drug-likeness (QED) is 0.675. The maximum absolute atomic E-state index is 14.6. The molecule has 0 bridgehead atoms. The van der Waals surface area contributed by atoms with Gasteiger partial charge in [0.15, 0.2) is 0 Å². The standard InChI is InChI=1S/C26H34FN5O3/c1-17-16-30(24-10-9-21(35-2)15-22(24)27)13-14-31(17)26-28-12-11-23(29-26)25(34)32(18-3-4-18)19-5-7-20(33)8-6-19/h9-12,15,17-20,33H,3-8,13-14,16H2,1-2H3. The third-order valence-corrected chi connectivity index (χ3v) is 7.48. The van der Waals surface area contributed by atoms with Crippen molar-refractivity contribution in [1.82, 2.24) is 14.9 Å². The van der Waals surface area contributed by atoms with Crippen molar-refractivity contribution in [3.63, 3.8) is 0 Å². The molecule has 8 nitrogen and oxygen atoms in total. The maximum atomic E-state index is 14.6. The molecule has 1 N–H and O–H groups in total. The molecule has 35 heavy (non-hydrogen) atoms. The van der Waals surface area contributed by atoms with Crippen LogP contribution in [0.4, 0.5) is 16.0 Å². The number of ether oxygens (including phenoxy) is 1. The fourth-order valence-corrected chi connectivity index (χ4v) is 5.40. The summed E-state index contributed by atoms with van der Waals surface area (Å²) < 4.78 is 19.7. The van der Waals surface area contributed by atoms with E-state index >= 15 is 0 Å². The van der Waals surface area contributed by atoms with Crippen LogP contribution in [0.5, 0.6) is 5.75 Å². The Bertz CT molecular complexity index is 1060. The van der Waals surface area contributed by atoms with Crippen LogP contribution in [0.3, 0.4) is 0 Å². The van der Waals surface area contributed by atoms with Crippen molar-refractivity contribution in [2.24, 2.45) is 0 Å². The Balaban J connectivity index is 1.29.